The Morgan fingerprint density at radius 3 is 2.52 bits per heavy atom. The van der Waals surface area contributed by atoms with Crippen molar-refractivity contribution in [1.82, 2.24) is 24.8 Å². The van der Waals surface area contributed by atoms with Crippen LogP contribution < -0.4 is 16.4 Å². The van der Waals surface area contributed by atoms with Crippen LogP contribution in [0.5, 0.6) is 0 Å². The van der Waals surface area contributed by atoms with Crippen LogP contribution in [0, 0.1) is 16.0 Å². The van der Waals surface area contributed by atoms with Gasteiger partial charge in [-0.25, -0.2) is 28.5 Å². The largest absolute Gasteiger partial charge is 0.490 e. The number of imidazole rings is 1. The van der Waals surface area contributed by atoms with Crippen molar-refractivity contribution in [3.63, 3.8) is 0 Å². The molecule has 9 N–H and O–H groups in total. The standard InChI is InChI=1S/C21H25N8O16P3S2/c1-24-4-9-7(3-22)10(14(50-9)19(31)39-2)26-16(30)20-42-12-8(5-40-47(35,36)45-48(37,38)44-46(32,33)34)41-18(13(12)43-20)29-6-25-11-15(29)27-21(23)28-17(11)49/h6,8,12-13,18,20,24H,4-5H2,1-2H3,(H,26,30)(H,35,36)(H,37,38)(H2,32,33,34)(H3,23,27,28,49). The molecule has 0 saturated carbocycles. The Balaban J connectivity index is 1.43. The van der Waals surface area contributed by atoms with Crippen LogP contribution in [0.15, 0.2) is 6.33 Å². The van der Waals surface area contributed by atoms with E-state index in [4.69, 9.17) is 51.2 Å². The van der Waals surface area contributed by atoms with Crippen LogP contribution in [0.2, 0.25) is 0 Å². The number of amides is 1. The molecule has 0 bridgehead atoms. The highest BCUT2D eigenvalue weighted by Gasteiger charge is 2.56. The number of hydrogen-bond donors (Lipinski definition) is 8. The van der Waals surface area contributed by atoms with E-state index in [0.29, 0.717) is 4.88 Å². The number of anilines is 2. The number of carbonyl (C=O) groups excluding carboxylic acids is 2. The molecule has 272 valence electrons. The zero-order chi connectivity index (χ0) is 36.8. The van der Waals surface area contributed by atoms with Crippen molar-refractivity contribution in [2.75, 3.05) is 31.8 Å². The molecule has 5 rings (SSSR count). The van der Waals surface area contributed by atoms with Crippen molar-refractivity contribution in [3.05, 3.63) is 26.3 Å². The quantitative estimate of drug-likeness (QED) is 0.0662. The minimum absolute atomic E-state index is 0.0118. The third-order valence-corrected chi connectivity index (χ3v) is 11.9. The monoisotopic (exact) mass is 802 g/mol. The number of methoxy groups -OCH3 is 1. The number of ether oxygens (including phenoxy) is 4. The lowest BCUT2D eigenvalue weighted by Gasteiger charge is -2.22. The summed E-state index contributed by atoms with van der Waals surface area (Å²) < 4.78 is 71.3. The highest BCUT2D eigenvalue weighted by atomic mass is 32.1. The van der Waals surface area contributed by atoms with E-state index in [-0.39, 0.29) is 44.4 Å². The molecule has 3 aromatic heterocycles. The molecular weight excluding hydrogens is 777 g/mol. The number of esters is 1. The maximum atomic E-state index is 13.5. The van der Waals surface area contributed by atoms with Gasteiger partial charge in [0.1, 0.15) is 40.4 Å². The summed E-state index contributed by atoms with van der Waals surface area (Å²) >= 11 is 6.11. The van der Waals surface area contributed by atoms with Gasteiger partial charge >= 0.3 is 29.4 Å². The van der Waals surface area contributed by atoms with Crippen molar-refractivity contribution in [1.29, 1.82) is 5.26 Å². The normalized spacial score (nSPS) is 24.3. The molecule has 0 aromatic carbocycles. The SMILES string of the molecule is CNCc1sc(C(=O)OC)c(NC(=O)C2OC3C(COP(=O)(O)OP(=O)(O)OP(=O)(O)O)OC(n4cnc5c(=S)nc(N)[nH]c54)C3O2)c1C#N. The van der Waals surface area contributed by atoms with Gasteiger partial charge in [0.2, 0.25) is 6.29 Å². The van der Waals surface area contributed by atoms with Crippen LogP contribution in [0.25, 0.3) is 11.2 Å². The van der Waals surface area contributed by atoms with Gasteiger partial charge < -0.3 is 59.9 Å². The van der Waals surface area contributed by atoms with Crippen LogP contribution in [0.3, 0.4) is 0 Å². The van der Waals surface area contributed by atoms with Gasteiger partial charge in [-0.2, -0.15) is 13.9 Å². The fourth-order valence-corrected chi connectivity index (χ4v) is 9.26. The Hall–Kier alpha value is -3.05. The zero-order valence-electron chi connectivity index (χ0n) is 25.1. The summed E-state index contributed by atoms with van der Waals surface area (Å²) in [7, 11) is -14.4. The Labute approximate surface area is 287 Å². The highest BCUT2D eigenvalue weighted by molar-refractivity contribution is 7.71. The lowest BCUT2D eigenvalue weighted by molar-refractivity contribution is -0.166. The molecule has 0 radical (unpaired) electrons. The van der Waals surface area contributed by atoms with Gasteiger partial charge in [-0.3, -0.25) is 13.9 Å². The van der Waals surface area contributed by atoms with Gasteiger partial charge in [0, 0.05) is 11.4 Å². The lowest BCUT2D eigenvalue weighted by atomic mass is 10.1. The molecule has 3 aromatic rings. The predicted molar refractivity (Wildman–Crippen MR) is 166 cm³/mol. The Kier molecular flexibility index (Phi) is 11.1. The van der Waals surface area contributed by atoms with Crippen LogP contribution in [-0.2, 0) is 57.1 Å². The van der Waals surface area contributed by atoms with Crippen molar-refractivity contribution in [2.24, 2.45) is 0 Å². The Bertz CT molecular complexity index is 2080. The number of phosphoric ester groups is 1. The van der Waals surface area contributed by atoms with Gasteiger partial charge in [0.15, 0.2) is 16.8 Å². The first-order valence-electron chi connectivity index (χ1n) is 13.4. The molecule has 0 aliphatic carbocycles. The number of phosphoric acid groups is 3. The fourth-order valence-electron chi connectivity index (χ4n) is 4.85. The molecule has 2 saturated heterocycles. The number of nitrogens with two attached hydrogens (primary N) is 1. The minimum atomic E-state index is -5.84. The van der Waals surface area contributed by atoms with Gasteiger partial charge in [0.05, 0.1) is 31.3 Å². The van der Waals surface area contributed by atoms with Crippen molar-refractivity contribution >= 4 is 81.7 Å². The van der Waals surface area contributed by atoms with Crippen LogP contribution in [-0.4, -0.2) is 96.3 Å². The predicted octanol–water partition coefficient (Wildman–Crippen LogP) is 0.500. The third kappa shape index (κ3) is 8.19. The van der Waals surface area contributed by atoms with E-state index >= 15 is 0 Å². The molecule has 0 spiro atoms. The molecule has 29 heteroatoms. The van der Waals surface area contributed by atoms with Crippen molar-refractivity contribution in [3.8, 4) is 6.07 Å². The van der Waals surface area contributed by atoms with Gasteiger partial charge in [0.25, 0.3) is 5.91 Å². The molecular formula is C21H25N8O16P3S2. The number of H-pyrrole nitrogens is 1. The number of fused-ring (bicyclic) bond motifs is 2. The number of nitrogens with one attached hydrogen (secondary N) is 3. The maximum absolute atomic E-state index is 13.5. The third-order valence-electron chi connectivity index (χ3n) is 6.67. The minimum Gasteiger partial charge on any atom is -0.465 e. The van der Waals surface area contributed by atoms with Gasteiger partial charge in [-0.1, -0.05) is 12.2 Å². The van der Waals surface area contributed by atoms with Gasteiger partial charge in [-0.05, 0) is 7.05 Å². The van der Waals surface area contributed by atoms with E-state index in [2.05, 4.69) is 34.2 Å². The van der Waals surface area contributed by atoms with E-state index in [1.807, 2.05) is 6.07 Å². The average Bonchev–Trinajstić information content (AvgIpc) is 3.76. The number of rotatable bonds is 13. The molecule has 7 atom stereocenters. The summed E-state index contributed by atoms with van der Waals surface area (Å²) in [6.45, 7) is -0.805. The maximum Gasteiger partial charge on any atom is 0.490 e. The summed E-state index contributed by atoms with van der Waals surface area (Å²) in [4.78, 5) is 74.3. The molecule has 7 unspecified atom stereocenters. The number of carbonyl (C=O) groups is 2. The molecule has 50 heavy (non-hydrogen) atoms. The topological polar surface area (TPSA) is 351 Å². The van der Waals surface area contributed by atoms with E-state index in [0.717, 1.165) is 18.4 Å². The van der Waals surface area contributed by atoms with E-state index in [1.54, 1.807) is 7.05 Å². The molecule has 1 amide bonds. The number of nitrogens with zero attached hydrogens (tertiary/aromatic N) is 4. The lowest BCUT2D eigenvalue weighted by Crippen LogP contribution is -2.34. The molecule has 2 fully saturated rings. The fraction of sp³-hybridized carbons (Fsp3) is 0.429. The highest BCUT2D eigenvalue weighted by Crippen LogP contribution is 2.66. The summed E-state index contributed by atoms with van der Waals surface area (Å²) in [5, 5.41) is 15.1. The molecule has 2 aliphatic rings. The first-order valence-corrected chi connectivity index (χ1v) is 19.2. The average molecular weight is 803 g/mol. The summed E-state index contributed by atoms with van der Waals surface area (Å²) in [5.74, 6) is -1.94. The first kappa shape index (κ1) is 38.2. The van der Waals surface area contributed by atoms with E-state index < -0.39 is 72.8 Å². The van der Waals surface area contributed by atoms with Gasteiger partial charge in [-0.15, -0.1) is 11.3 Å². The summed E-state index contributed by atoms with van der Waals surface area (Å²) in [5.41, 5.74) is 5.96. The van der Waals surface area contributed by atoms with Crippen LogP contribution in [0.1, 0.15) is 26.3 Å². The number of aromatic amines is 1. The number of aromatic nitrogens is 4. The molecule has 2 aliphatic heterocycles. The van der Waals surface area contributed by atoms with Crippen molar-refractivity contribution < 1.29 is 75.0 Å². The van der Waals surface area contributed by atoms with E-state index in [1.165, 1.54) is 10.9 Å². The van der Waals surface area contributed by atoms with Crippen LogP contribution >= 0.6 is 47.0 Å². The zero-order valence-corrected chi connectivity index (χ0v) is 29.4. The smallest absolute Gasteiger partial charge is 0.465 e. The Morgan fingerprint density at radius 2 is 1.88 bits per heavy atom. The van der Waals surface area contributed by atoms with Crippen molar-refractivity contribution in [2.45, 2.75) is 37.4 Å². The molecule has 24 nitrogen and oxygen atoms in total. The number of thiophene rings is 1. The number of nitrogen functional groups attached to an aromatic ring is 1. The summed E-state index contributed by atoms with van der Waals surface area (Å²) in [6.07, 6.45) is -5.79. The Morgan fingerprint density at radius 1 is 1.18 bits per heavy atom. The van der Waals surface area contributed by atoms with Crippen LogP contribution in [0.4, 0.5) is 11.6 Å². The second kappa shape index (κ2) is 14.5. The van der Waals surface area contributed by atoms with E-state index in [9.17, 15) is 38.3 Å². The second-order valence-electron chi connectivity index (χ2n) is 9.99. The number of hydrogen-bond acceptors (Lipinski definition) is 19. The summed E-state index contributed by atoms with van der Waals surface area (Å²) in [6, 6.07) is 1.94. The number of nitriles is 1. The second-order valence-corrected chi connectivity index (χ2v) is 15.9. The molecule has 5 heterocycles. The first-order chi connectivity index (χ1) is 23.4.